The van der Waals surface area contributed by atoms with Gasteiger partial charge in [-0.05, 0) is 38.0 Å². The predicted molar refractivity (Wildman–Crippen MR) is 101 cm³/mol. The summed E-state index contributed by atoms with van der Waals surface area (Å²) >= 11 is 0. The summed E-state index contributed by atoms with van der Waals surface area (Å²) in [6, 6.07) is 15.8. The number of nitrogens with zero attached hydrogens (tertiary/aromatic N) is 2. The summed E-state index contributed by atoms with van der Waals surface area (Å²) in [6.45, 7) is 1.68. The van der Waals surface area contributed by atoms with E-state index in [4.69, 9.17) is 9.15 Å². The molecular formula is C22H21FN2O3. The molecule has 1 heterocycles. The van der Waals surface area contributed by atoms with E-state index in [1.807, 2.05) is 30.3 Å². The van der Waals surface area contributed by atoms with Gasteiger partial charge in [0.1, 0.15) is 5.82 Å². The zero-order valence-electron chi connectivity index (χ0n) is 15.6. The summed E-state index contributed by atoms with van der Waals surface area (Å²) in [5.74, 6) is -0.239. The lowest BCUT2D eigenvalue weighted by Crippen LogP contribution is -2.36. The zero-order valence-corrected chi connectivity index (χ0v) is 15.6. The van der Waals surface area contributed by atoms with Gasteiger partial charge in [-0.25, -0.2) is 4.39 Å². The number of carbonyl (C=O) groups excluding carboxylic acids is 1. The molecule has 0 bridgehead atoms. The van der Waals surface area contributed by atoms with Crippen molar-refractivity contribution in [3.05, 3.63) is 71.9 Å². The lowest BCUT2D eigenvalue weighted by molar-refractivity contribution is -0.157. The lowest BCUT2D eigenvalue weighted by atomic mass is 9.78. The Morgan fingerprint density at radius 1 is 1.07 bits per heavy atom. The van der Waals surface area contributed by atoms with E-state index in [9.17, 15) is 9.18 Å². The fourth-order valence-electron chi connectivity index (χ4n) is 3.83. The average Bonchev–Trinajstić information content (AvgIpc) is 3.40. The van der Waals surface area contributed by atoms with Crippen molar-refractivity contribution in [2.45, 2.75) is 44.1 Å². The predicted octanol–water partition coefficient (Wildman–Crippen LogP) is 4.99. The Bertz CT molecular complexity index is 965. The van der Waals surface area contributed by atoms with E-state index in [0.717, 1.165) is 18.4 Å². The van der Waals surface area contributed by atoms with E-state index < -0.39 is 17.5 Å². The molecule has 1 saturated carbocycles. The van der Waals surface area contributed by atoms with Crippen LogP contribution in [0.3, 0.4) is 0 Å². The van der Waals surface area contributed by atoms with E-state index >= 15 is 0 Å². The Hall–Kier alpha value is -3.02. The summed E-state index contributed by atoms with van der Waals surface area (Å²) in [4.78, 5) is 13.1. The maximum absolute atomic E-state index is 14.4. The standard InChI is InChI=1S/C22H21FN2O3/c1-15(19-24-25-20(28-19)16-9-3-2-4-10-16)27-21(26)22(13-7-8-14-22)17-11-5-6-12-18(17)23/h2-6,9-12,15H,7-8,13-14H2,1H3/t15-/m0/s1. The fourth-order valence-corrected chi connectivity index (χ4v) is 3.83. The van der Waals surface area contributed by atoms with Crippen molar-refractivity contribution in [1.29, 1.82) is 0 Å². The van der Waals surface area contributed by atoms with E-state index in [1.54, 1.807) is 25.1 Å². The van der Waals surface area contributed by atoms with Crippen molar-refractivity contribution in [2.24, 2.45) is 0 Å². The Kier molecular flexibility index (Phi) is 4.94. The second-order valence-electron chi connectivity index (χ2n) is 7.13. The number of ether oxygens (including phenoxy) is 1. The molecule has 1 fully saturated rings. The highest BCUT2D eigenvalue weighted by Gasteiger charge is 2.46. The normalized spacial score (nSPS) is 16.6. The van der Waals surface area contributed by atoms with Crippen molar-refractivity contribution in [3.63, 3.8) is 0 Å². The Morgan fingerprint density at radius 3 is 2.46 bits per heavy atom. The molecule has 144 valence electrons. The number of rotatable bonds is 5. The summed E-state index contributed by atoms with van der Waals surface area (Å²) in [5.41, 5.74) is 0.237. The maximum Gasteiger partial charge on any atom is 0.317 e. The second-order valence-corrected chi connectivity index (χ2v) is 7.13. The first kappa shape index (κ1) is 18.3. The molecule has 1 aliphatic rings. The molecule has 0 saturated heterocycles. The quantitative estimate of drug-likeness (QED) is 0.583. The molecule has 0 spiro atoms. The lowest BCUT2D eigenvalue weighted by Gasteiger charge is -2.28. The van der Waals surface area contributed by atoms with E-state index in [2.05, 4.69) is 10.2 Å². The van der Waals surface area contributed by atoms with Gasteiger partial charge in [-0.2, -0.15) is 0 Å². The number of hydrogen-bond acceptors (Lipinski definition) is 5. The Balaban J connectivity index is 1.55. The van der Waals surface area contributed by atoms with Crippen molar-refractivity contribution in [2.75, 3.05) is 0 Å². The molecule has 5 nitrogen and oxygen atoms in total. The van der Waals surface area contributed by atoms with Gasteiger partial charge in [-0.15, -0.1) is 10.2 Å². The van der Waals surface area contributed by atoms with Gasteiger partial charge < -0.3 is 9.15 Å². The molecule has 0 radical (unpaired) electrons. The van der Waals surface area contributed by atoms with Gasteiger partial charge in [0.2, 0.25) is 5.89 Å². The van der Waals surface area contributed by atoms with Gasteiger partial charge in [0.05, 0.1) is 5.41 Å². The van der Waals surface area contributed by atoms with Crippen molar-refractivity contribution in [1.82, 2.24) is 10.2 Å². The molecule has 28 heavy (non-hydrogen) atoms. The monoisotopic (exact) mass is 380 g/mol. The first-order valence-electron chi connectivity index (χ1n) is 9.45. The van der Waals surface area contributed by atoms with Crippen molar-refractivity contribution < 1.29 is 18.3 Å². The number of aromatic nitrogens is 2. The van der Waals surface area contributed by atoms with Crippen molar-refractivity contribution >= 4 is 5.97 Å². The summed E-state index contributed by atoms with van der Waals surface area (Å²) in [5, 5.41) is 8.05. The van der Waals surface area contributed by atoms with Gasteiger partial charge in [0, 0.05) is 11.1 Å². The third-order valence-electron chi connectivity index (χ3n) is 5.33. The van der Waals surface area contributed by atoms with Crippen LogP contribution in [0.25, 0.3) is 11.5 Å². The Morgan fingerprint density at radius 2 is 1.75 bits per heavy atom. The Labute approximate surface area is 162 Å². The number of halogens is 1. The number of hydrogen-bond donors (Lipinski definition) is 0. The van der Waals surface area contributed by atoms with Gasteiger partial charge in [0.15, 0.2) is 6.10 Å². The van der Waals surface area contributed by atoms with Gasteiger partial charge >= 0.3 is 5.97 Å². The van der Waals surface area contributed by atoms with E-state index in [1.165, 1.54) is 6.07 Å². The topological polar surface area (TPSA) is 65.2 Å². The molecule has 6 heteroatoms. The van der Waals surface area contributed by atoms with Crippen LogP contribution in [0.5, 0.6) is 0 Å². The number of carbonyl (C=O) groups is 1. The fraction of sp³-hybridized carbons (Fsp3) is 0.318. The van der Waals surface area contributed by atoms with Crippen LogP contribution < -0.4 is 0 Å². The summed E-state index contributed by atoms with van der Waals surface area (Å²) in [7, 11) is 0. The van der Waals surface area contributed by atoms with Crippen LogP contribution in [0.2, 0.25) is 0 Å². The molecule has 3 aromatic rings. The van der Waals surface area contributed by atoms with Gasteiger partial charge in [-0.1, -0.05) is 49.2 Å². The molecule has 0 aliphatic heterocycles. The van der Waals surface area contributed by atoms with Crippen LogP contribution in [0, 0.1) is 5.82 Å². The zero-order chi connectivity index (χ0) is 19.6. The molecular weight excluding hydrogens is 359 g/mol. The van der Waals surface area contributed by atoms with Crippen LogP contribution in [-0.2, 0) is 14.9 Å². The van der Waals surface area contributed by atoms with Crippen LogP contribution in [0.15, 0.2) is 59.0 Å². The highest BCUT2D eigenvalue weighted by Crippen LogP contribution is 2.44. The first-order valence-corrected chi connectivity index (χ1v) is 9.45. The third-order valence-corrected chi connectivity index (χ3v) is 5.33. The number of esters is 1. The maximum atomic E-state index is 14.4. The minimum atomic E-state index is -0.956. The first-order chi connectivity index (χ1) is 13.6. The number of benzene rings is 2. The second kappa shape index (κ2) is 7.54. The average molecular weight is 380 g/mol. The molecule has 1 aliphatic carbocycles. The summed E-state index contributed by atoms with van der Waals surface area (Å²) in [6.07, 6.45) is 2.13. The molecule has 0 amide bonds. The van der Waals surface area contributed by atoms with E-state index in [0.29, 0.717) is 24.3 Å². The van der Waals surface area contributed by atoms with Crippen LogP contribution >= 0.6 is 0 Å². The smallest absolute Gasteiger partial charge is 0.317 e. The van der Waals surface area contributed by atoms with Gasteiger partial charge in [0.25, 0.3) is 5.89 Å². The molecule has 2 aromatic carbocycles. The minimum Gasteiger partial charge on any atom is -0.452 e. The molecule has 0 unspecified atom stereocenters. The van der Waals surface area contributed by atoms with Crippen molar-refractivity contribution in [3.8, 4) is 11.5 Å². The molecule has 1 aromatic heterocycles. The van der Waals surface area contributed by atoms with Gasteiger partial charge in [-0.3, -0.25) is 4.79 Å². The van der Waals surface area contributed by atoms with Crippen LogP contribution in [0.1, 0.15) is 50.2 Å². The highest BCUT2D eigenvalue weighted by atomic mass is 19.1. The molecule has 1 atom stereocenters. The van der Waals surface area contributed by atoms with E-state index in [-0.39, 0.29) is 11.7 Å². The van der Waals surface area contributed by atoms with Crippen LogP contribution in [-0.4, -0.2) is 16.2 Å². The third kappa shape index (κ3) is 3.30. The minimum absolute atomic E-state index is 0.217. The van der Waals surface area contributed by atoms with Crippen LogP contribution in [0.4, 0.5) is 4.39 Å². The SMILES string of the molecule is C[C@H](OC(=O)C1(c2ccccc2F)CCCC1)c1nnc(-c2ccccc2)o1. The molecule has 0 N–H and O–H groups in total. The molecule has 4 rings (SSSR count). The largest absolute Gasteiger partial charge is 0.452 e. The summed E-state index contributed by atoms with van der Waals surface area (Å²) < 4.78 is 25.8. The highest BCUT2D eigenvalue weighted by molar-refractivity contribution is 5.84.